The van der Waals surface area contributed by atoms with Crippen LogP contribution in [0.1, 0.15) is 18.5 Å². The summed E-state index contributed by atoms with van der Waals surface area (Å²) in [4.78, 5) is 7.09. The van der Waals surface area contributed by atoms with Gasteiger partial charge in [-0.15, -0.1) is 0 Å². The summed E-state index contributed by atoms with van der Waals surface area (Å²) in [6.07, 6.45) is 6.36. The molecule has 7 nitrogen and oxygen atoms in total. The number of aryl methyl sites for hydroxylation is 1. The van der Waals surface area contributed by atoms with Crippen molar-refractivity contribution in [2.75, 3.05) is 39.9 Å². The SMILES string of the molecule is COCCN1CC[C@H](Cn2ccnc2-c2cc3n(n2)CCCNC3)C1. The number of aromatic nitrogens is 4. The van der Waals surface area contributed by atoms with Gasteiger partial charge in [0, 0.05) is 52.2 Å². The summed E-state index contributed by atoms with van der Waals surface area (Å²) in [7, 11) is 1.77. The first-order valence-corrected chi connectivity index (χ1v) is 9.33. The lowest BCUT2D eigenvalue weighted by atomic mass is 10.1. The van der Waals surface area contributed by atoms with Crippen LogP contribution in [0.15, 0.2) is 18.5 Å². The van der Waals surface area contributed by atoms with Gasteiger partial charge in [0.1, 0.15) is 5.69 Å². The van der Waals surface area contributed by atoms with E-state index in [4.69, 9.17) is 9.84 Å². The molecule has 2 aromatic heterocycles. The van der Waals surface area contributed by atoms with E-state index in [1.54, 1.807) is 7.11 Å². The summed E-state index contributed by atoms with van der Waals surface area (Å²) < 4.78 is 9.61. The summed E-state index contributed by atoms with van der Waals surface area (Å²) in [6, 6.07) is 2.19. The first-order chi connectivity index (χ1) is 12.3. The number of methoxy groups -OCH3 is 1. The zero-order valence-electron chi connectivity index (χ0n) is 15.0. The molecule has 2 aliphatic heterocycles. The Bertz CT molecular complexity index is 670. The standard InChI is InChI=1S/C18H28N6O/c1-25-10-9-22-7-3-15(13-22)14-23-8-5-20-18(23)17-11-16-12-19-4-2-6-24(16)21-17/h5,8,11,15,19H,2-4,6-7,9-10,12-14H2,1H3/t15-/m0/s1. The van der Waals surface area contributed by atoms with Crippen molar-refractivity contribution >= 4 is 0 Å². The van der Waals surface area contributed by atoms with Gasteiger partial charge in [-0.2, -0.15) is 5.10 Å². The molecule has 2 aliphatic rings. The minimum atomic E-state index is 0.673. The molecule has 1 atom stereocenters. The van der Waals surface area contributed by atoms with Crippen LogP contribution in [0.5, 0.6) is 0 Å². The van der Waals surface area contributed by atoms with Crippen molar-refractivity contribution in [2.24, 2.45) is 5.92 Å². The molecule has 0 unspecified atom stereocenters. The van der Waals surface area contributed by atoms with Gasteiger partial charge in [-0.25, -0.2) is 4.98 Å². The van der Waals surface area contributed by atoms with Crippen molar-refractivity contribution in [3.8, 4) is 11.5 Å². The lowest BCUT2D eigenvalue weighted by Crippen LogP contribution is -2.25. The molecular weight excluding hydrogens is 316 g/mol. The summed E-state index contributed by atoms with van der Waals surface area (Å²) in [5, 5.41) is 8.26. The van der Waals surface area contributed by atoms with Crippen molar-refractivity contribution in [1.29, 1.82) is 0 Å². The molecule has 7 heteroatoms. The lowest BCUT2D eigenvalue weighted by Gasteiger charge is -2.16. The molecule has 1 saturated heterocycles. The van der Waals surface area contributed by atoms with Crippen molar-refractivity contribution in [1.82, 2.24) is 29.5 Å². The van der Waals surface area contributed by atoms with Gasteiger partial charge in [-0.05, 0) is 37.9 Å². The third kappa shape index (κ3) is 3.78. The van der Waals surface area contributed by atoms with Crippen LogP contribution >= 0.6 is 0 Å². The Morgan fingerprint density at radius 3 is 3.24 bits per heavy atom. The normalized spacial score (nSPS) is 21.4. The minimum Gasteiger partial charge on any atom is -0.383 e. The predicted octanol–water partition coefficient (Wildman–Crippen LogP) is 1.21. The number of nitrogens with one attached hydrogen (secondary N) is 1. The average Bonchev–Trinajstić information content (AvgIpc) is 3.32. The Hall–Kier alpha value is -1.70. The van der Waals surface area contributed by atoms with Crippen LogP contribution in [-0.4, -0.2) is 64.1 Å². The highest BCUT2D eigenvalue weighted by molar-refractivity contribution is 5.50. The molecule has 4 rings (SSSR count). The molecule has 1 N–H and O–H groups in total. The zero-order valence-corrected chi connectivity index (χ0v) is 15.0. The first-order valence-electron chi connectivity index (χ1n) is 9.33. The Balaban J connectivity index is 1.44. The Morgan fingerprint density at radius 1 is 1.36 bits per heavy atom. The fourth-order valence-corrected chi connectivity index (χ4v) is 3.92. The van der Waals surface area contributed by atoms with Crippen LogP contribution in [0.4, 0.5) is 0 Å². The molecule has 0 saturated carbocycles. The second-order valence-electron chi connectivity index (χ2n) is 7.13. The number of nitrogens with zero attached hydrogens (tertiary/aromatic N) is 5. The van der Waals surface area contributed by atoms with Gasteiger partial charge < -0.3 is 19.5 Å². The second kappa shape index (κ2) is 7.68. The van der Waals surface area contributed by atoms with E-state index < -0.39 is 0 Å². The topological polar surface area (TPSA) is 60.1 Å². The second-order valence-corrected chi connectivity index (χ2v) is 7.13. The average molecular weight is 344 g/mol. The monoisotopic (exact) mass is 344 g/mol. The van der Waals surface area contributed by atoms with Crippen molar-refractivity contribution < 1.29 is 4.74 Å². The molecule has 0 amide bonds. The molecule has 25 heavy (non-hydrogen) atoms. The molecule has 0 bridgehead atoms. The van der Waals surface area contributed by atoms with Crippen LogP contribution in [0.3, 0.4) is 0 Å². The van der Waals surface area contributed by atoms with Crippen LogP contribution in [0, 0.1) is 5.92 Å². The maximum Gasteiger partial charge on any atom is 0.160 e. The van der Waals surface area contributed by atoms with Crippen molar-refractivity contribution in [2.45, 2.75) is 32.5 Å². The lowest BCUT2D eigenvalue weighted by molar-refractivity contribution is 0.158. The number of likely N-dealkylation sites (tertiary alicyclic amines) is 1. The van der Waals surface area contributed by atoms with Gasteiger partial charge in [0.15, 0.2) is 5.82 Å². The third-order valence-corrected chi connectivity index (χ3v) is 5.27. The number of ether oxygens (including phenoxy) is 1. The maximum atomic E-state index is 5.20. The smallest absolute Gasteiger partial charge is 0.160 e. The summed E-state index contributed by atoms with van der Waals surface area (Å²) in [5.74, 6) is 1.67. The third-order valence-electron chi connectivity index (χ3n) is 5.27. The van der Waals surface area contributed by atoms with Gasteiger partial charge >= 0.3 is 0 Å². The number of fused-ring (bicyclic) bond motifs is 1. The van der Waals surface area contributed by atoms with Gasteiger partial charge in [0.05, 0.1) is 12.3 Å². The van der Waals surface area contributed by atoms with E-state index in [-0.39, 0.29) is 0 Å². The van der Waals surface area contributed by atoms with E-state index in [2.05, 4.69) is 36.7 Å². The molecule has 0 spiro atoms. The highest BCUT2D eigenvalue weighted by atomic mass is 16.5. The van der Waals surface area contributed by atoms with Gasteiger partial charge in [-0.1, -0.05) is 0 Å². The van der Waals surface area contributed by atoms with Gasteiger partial charge in [0.2, 0.25) is 0 Å². The molecule has 2 aromatic rings. The number of rotatable bonds is 6. The van der Waals surface area contributed by atoms with Gasteiger partial charge in [-0.3, -0.25) is 4.68 Å². The number of hydrogen-bond donors (Lipinski definition) is 1. The quantitative estimate of drug-likeness (QED) is 0.853. The molecule has 1 fully saturated rings. The molecule has 136 valence electrons. The van der Waals surface area contributed by atoms with Crippen molar-refractivity contribution in [3.63, 3.8) is 0 Å². The summed E-state index contributed by atoms with van der Waals surface area (Å²) >= 11 is 0. The number of hydrogen-bond acceptors (Lipinski definition) is 5. The van der Waals surface area contributed by atoms with Gasteiger partial charge in [0.25, 0.3) is 0 Å². The molecule has 4 heterocycles. The zero-order chi connectivity index (χ0) is 17.1. The van der Waals surface area contributed by atoms with E-state index >= 15 is 0 Å². The van der Waals surface area contributed by atoms with Crippen LogP contribution in [0.25, 0.3) is 11.5 Å². The highest BCUT2D eigenvalue weighted by Gasteiger charge is 2.24. The summed E-state index contributed by atoms with van der Waals surface area (Å²) in [6.45, 7) is 8.12. The highest BCUT2D eigenvalue weighted by Crippen LogP contribution is 2.23. The molecule has 0 aromatic carbocycles. The fourth-order valence-electron chi connectivity index (χ4n) is 3.92. The van der Waals surface area contributed by atoms with E-state index in [9.17, 15) is 0 Å². The molecule has 0 radical (unpaired) electrons. The van der Waals surface area contributed by atoms with E-state index in [0.29, 0.717) is 5.92 Å². The maximum absolute atomic E-state index is 5.20. The predicted molar refractivity (Wildman–Crippen MR) is 96.2 cm³/mol. The van der Waals surface area contributed by atoms with E-state index in [1.807, 2.05) is 6.20 Å². The fraction of sp³-hybridized carbons (Fsp3) is 0.667. The molecule has 0 aliphatic carbocycles. The van der Waals surface area contributed by atoms with E-state index in [0.717, 1.165) is 63.8 Å². The van der Waals surface area contributed by atoms with Crippen LogP contribution in [0.2, 0.25) is 0 Å². The van der Waals surface area contributed by atoms with Crippen molar-refractivity contribution in [3.05, 3.63) is 24.2 Å². The minimum absolute atomic E-state index is 0.673. The first kappa shape index (κ1) is 16.8. The van der Waals surface area contributed by atoms with Crippen LogP contribution in [-0.2, 0) is 24.4 Å². The Morgan fingerprint density at radius 2 is 2.32 bits per heavy atom. The van der Waals surface area contributed by atoms with Crippen LogP contribution < -0.4 is 5.32 Å². The van der Waals surface area contributed by atoms with E-state index in [1.165, 1.54) is 18.7 Å². The summed E-state index contributed by atoms with van der Waals surface area (Å²) in [5.41, 5.74) is 2.26. The Kier molecular flexibility index (Phi) is 5.14. The molecular formula is C18H28N6O. The number of imidazole rings is 1. The Labute approximate surface area is 149 Å². The largest absolute Gasteiger partial charge is 0.383 e.